The van der Waals surface area contributed by atoms with Crippen LogP contribution in [0, 0.1) is 6.92 Å². The Bertz CT molecular complexity index is 483. The average Bonchev–Trinajstić information content (AvgIpc) is 2.52. The fourth-order valence-corrected chi connectivity index (χ4v) is 2.45. The van der Waals surface area contributed by atoms with Crippen molar-refractivity contribution in [1.29, 1.82) is 0 Å². The molecule has 1 amide bonds. The van der Waals surface area contributed by atoms with E-state index in [0.717, 1.165) is 45.0 Å². The van der Waals surface area contributed by atoms with Crippen LogP contribution in [0.5, 0.6) is 0 Å². The number of hydrogen-bond acceptors (Lipinski definition) is 5. The molecule has 116 valence electrons. The SMILES string of the molecule is CCCNC(=O)c1cc(N2CCN(CC)CC2)nc(C)n1. The van der Waals surface area contributed by atoms with Gasteiger partial charge in [-0.1, -0.05) is 13.8 Å². The molecule has 21 heavy (non-hydrogen) atoms. The molecule has 0 bridgehead atoms. The zero-order chi connectivity index (χ0) is 15.2. The molecule has 0 radical (unpaired) electrons. The van der Waals surface area contributed by atoms with Gasteiger partial charge in [-0.3, -0.25) is 4.79 Å². The van der Waals surface area contributed by atoms with Gasteiger partial charge in [-0.05, 0) is 19.9 Å². The summed E-state index contributed by atoms with van der Waals surface area (Å²) in [5.74, 6) is 1.39. The number of aryl methyl sites for hydroxylation is 1. The summed E-state index contributed by atoms with van der Waals surface area (Å²) in [6.45, 7) is 11.8. The molecule has 1 saturated heterocycles. The lowest BCUT2D eigenvalue weighted by Crippen LogP contribution is -2.46. The summed E-state index contributed by atoms with van der Waals surface area (Å²) in [6, 6.07) is 1.81. The van der Waals surface area contributed by atoms with E-state index in [2.05, 4.69) is 32.0 Å². The summed E-state index contributed by atoms with van der Waals surface area (Å²) >= 11 is 0. The molecule has 2 heterocycles. The van der Waals surface area contributed by atoms with Crippen molar-refractivity contribution < 1.29 is 4.79 Å². The predicted octanol–water partition coefficient (Wildman–Crippen LogP) is 1.07. The van der Waals surface area contributed by atoms with E-state index < -0.39 is 0 Å². The molecule has 0 atom stereocenters. The first-order valence-corrected chi connectivity index (χ1v) is 7.75. The molecule has 6 nitrogen and oxygen atoms in total. The van der Waals surface area contributed by atoms with E-state index in [1.165, 1.54) is 0 Å². The number of nitrogens with one attached hydrogen (secondary N) is 1. The summed E-state index contributed by atoms with van der Waals surface area (Å²) in [4.78, 5) is 25.5. The highest BCUT2D eigenvalue weighted by molar-refractivity contribution is 5.92. The second kappa shape index (κ2) is 7.36. The third-order valence-electron chi connectivity index (χ3n) is 3.74. The first-order chi connectivity index (χ1) is 10.1. The Morgan fingerprint density at radius 2 is 1.95 bits per heavy atom. The van der Waals surface area contributed by atoms with Crippen molar-refractivity contribution in [2.45, 2.75) is 27.2 Å². The van der Waals surface area contributed by atoms with Gasteiger partial charge in [-0.25, -0.2) is 9.97 Å². The Kier molecular flexibility index (Phi) is 5.50. The van der Waals surface area contributed by atoms with E-state index in [4.69, 9.17) is 0 Å². The van der Waals surface area contributed by atoms with Crippen molar-refractivity contribution in [2.24, 2.45) is 0 Å². The van der Waals surface area contributed by atoms with Crippen LogP contribution in [-0.4, -0.2) is 60.0 Å². The van der Waals surface area contributed by atoms with Crippen LogP contribution in [0.4, 0.5) is 5.82 Å². The number of carbonyl (C=O) groups is 1. The van der Waals surface area contributed by atoms with Gasteiger partial charge in [0.15, 0.2) is 0 Å². The Morgan fingerprint density at radius 1 is 1.24 bits per heavy atom. The van der Waals surface area contributed by atoms with Crippen molar-refractivity contribution in [1.82, 2.24) is 20.2 Å². The third-order valence-corrected chi connectivity index (χ3v) is 3.74. The lowest BCUT2D eigenvalue weighted by Gasteiger charge is -2.34. The summed E-state index contributed by atoms with van der Waals surface area (Å²) in [5, 5.41) is 2.87. The van der Waals surface area contributed by atoms with Crippen LogP contribution in [-0.2, 0) is 0 Å². The first-order valence-electron chi connectivity index (χ1n) is 7.75. The minimum absolute atomic E-state index is 0.115. The maximum Gasteiger partial charge on any atom is 0.270 e. The van der Waals surface area contributed by atoms with Gasteiger partial charge in [-0.15, -0.1) is 0 Å². The molecule has 0 unspecified atom stereocenters. The number of nitrogens with zero attached hydrogens (tertiary/aromatic N) is 4. The van der Waals surface area contributed by atoms with Crippen LogP contribution in [0.15, 0.2) is 6.07 Å². The average molecular weight is 291 g/mol. The number of carbonyl (C=O) groups excluding carboxylic acids is 1. The Labute approximate surface area is 126 Å². The standard InChI is InChI=1S/C15H25N5O/c1-4-6-16-15(21)13-11-14(18-12(3)17-13)20-9-7-19(5-2)8-10-20/h11H,4-10H2,1-3H3,(H,16,21). The van der Waals surface area contributed by atoms with E-state index in [1.807, 2.05) is 13.8 Å². The van der Waals surface area contributed by atoms with Crippen LogP contribution in [0.2, 0.25) is 0 Å². The fourth-order valence-electron chi connectivity index (χ4n) is 2.45. The quantitative estimate of drug-likeness (QED) is 0.879. The molecule has 2 rings (SSSR count). The Morgan fingerprint density at radius 3 is 2.57 bits per heavy atom. The number of anilines is 1. The van der Waals surface area contributed by atoms with E-state index in [0.29, 0.717) is 18.1 Å². The summed E-state index contributed by atoms with van der Waals surface area (Å²) < 4.78 is 0. The highest BCUT2D eigenvalue weighted by Crippen LogP contribution is 2.15. The van der Waals surface area contributed by atoms with Crippen LogP contribution < -0.4 is 10.2 Å². The van der Waals surface area contributed by atoms with Crippen molar-refractivity contribution in [3.05, 3.63) is 17.6 Å². The van der Waals surface area contributed by atoms with Crippen molar-refractivity contribution in [3.8, 4) is 0 Å². The van der Waals surface area contributed by atoms with E-state index in [1.54, 1.807) is 6.07 Å². The van der Waals surface area contributed by atoms with Gasteiger partial charge in [0.2, 0.25) is 0 Å². The number of rotatable bonds is 5. The van der Waals surface area contributed by atoms with Gasteiger partial charge in [0.1, 0.15) is 17.3 Å². The molecule has 1 aliphatic rings. The molecule has 0 spiro atoms. The number of piperazine rings is 1. The lowest BCUT2D eigenvalue weighted by molar-refractivity contribution is 0.0948. The zero-order valence-electron chi connectivity index (χ0n) is 13.2. The van der Waals surface area contributed by atoms with E-state index in [-0.39, 0.29) is 5.91 Å². The topological polar surface area (TPSA) is 61.4 Å². The van der Waals surface area contributed by atoms with Gasteiger partial charge in [0.25, 0.3) is 5.91 Å². The first kappa shape index (κ1) is 15.7. The second-order valence-electron chi connectivity index (χ2n) is 5.34. The maximum absolute atomic E-state index is 12.1. The van der Waals surface area contributed by atoms with Gasteiger partial charge >= 0.3 is 0 Å². The number of aromatic nitrogens is 2. The largest absolute Gasteiger partial charge is 0.354 e. The molecule has 1 aliphatic heterocycles. The van der Waals surface area contributed by atoms with Gasteiger partial charge < -0.3 is 15.1 Å². The Balaban J connectivity index is 2.10. The minimum atomic E-state index is -0.115. The molecule has 0 aromatic carbocycles. The second-order valence-corrected chi connectivity index (χ2v) is 5.34. The van der Waals surface area contributed by atoms with E-state index >= 15 is 0 Å². The lowest BCUT2D eigenvalue weighted by atomic mass is 10.3. The smallest absolute Gasteiger partial charge is 0.270 e. The predicted molar refractivity (Wildman–Crippen MR) is 83.7 cm³/mol. The van der Waals surface area contributed by atoms with Crippen molar-refractivity contribution in [3.63, 3.8) is 0 Å². The highest BCUT2D eigenvalue weighted by atomic mass is 16.1. The number of hydrogen-bond donors (Lipinski definition) is 1. The fraction of sp³-hybridized carbons (Fsp3) is 0.667. The number of amides is 1. The number of likely N-dealkylation sites (N-methyl/N-ethyl adjacent to an activating group) is 1. The highest BCUT2D eigenvalue weighted by Gasteiger charge is 2.19. The van der Waals surface area contributed by atoms with Crippen molar-refractivity contribution >= 4 is 11.7 Å². The van der Waals surface area contributed by atoms with Crippen LogP contribution in [0.3, 0.4) is 0 Å². The van der Waals surface area contributed by atoms with E-state index in [9.17, 15) is 4.79 Å². The van der Waals surface area contributed by atoms with Crippen LogP contribution in [0.1, 0.15) is 36.6 Å². The Hall–Kier alpha value is -1.69. The molecular formula is C15H25N5O. The molecular weight excluding hydrogens is 266 g/mol. The summed E-state index contributed by atoms with van der Waals surface area (Å²) in [5.41, 5.74) is 0.462. The zero-order valence-corrected chi connectivity index (χ0v) is 13.2. The molecule has 1 aromatic heterocycles. The van der Waals surface area contributed by atoms with Gasteiger partial charge in [0, 0.05) is 38.8 Å². The van der Waals surface area contributed by atoms with Crippen molar-refractivity contribution in [2.75, 3.05) is 44.2 Å². The molecule has 0 aliphatic carbocycles. The molecule has 1 aromatic rings. The molecule has 6 heteroatoms. The molecule has 1 N–H and O–H groups in total. The summed E-state index contributed by atoms with van der Waals surface area (Å²) in [6.07, 6.45) is 0.918. The third kappa shape index (κ3) is 4.14. The minimum Gasteiger partial charge on any atom is -0.354 e. The van der Waals surface area contributed by atoms with Gasteiger partial charge in [-0.2, -0.15) is 0 Å². The molecule has 0 saturated carbocycles. The van der Waals surface area contributed by atoms with Gasteiger partial charge in [0.05, 0.1) is 0 Å². The normalized spacial score (nSPS) is 16.0. The summed E-state index contributed by atoms with van der Waals surface area (Å²) in [7, 11) is 0. The van der Waals surface area contributed by atoms with Crippen LogP contribution in [0.25, 0.3) is 0 Å². The molecule has 1 fully saturated rings. The monoisotopic (exact) mass is 291 g/mol. The maximum atomic E-state index is 12.1. The van der Waals surface area contributed by atoms with Crippen LogP contribution >= 0.6 is 0 Å².